The van der Waals surface area contributed by atoms with Crippen molar-refractivity contribution in [3.8, 4) is 5.69 Å². The Morgan fingerprint density at radius 1 is 1.21 bits per heavy atom. The number of aromatic nitrogens is 3. The van der Waals surface area contributed by atoms with Gasteiger partial charge in [-0.3, -0.25) is 0 Å². The van der Waals surface area contributed by atoms with E-state index in [0.717, 1.165) is 29.5 Å². The van der Waals surface area contributed by atoms with Gasteiger partial charge in [-0.15, -0.1) is 0 Å². The molecule has 0 aliphatic heterocycles. The van der Waals surface area contributed by atoms with Gasteiger partial charge in [-0.2, -0.15) is 5.10 Å². The molecule has 2 aromatic heterocycles. The lowest BCUT2D eigenvalue weighted by molar-refractivity contribution is 0.379. The van der Waals surface area contributed by atoms with Gasteiger partial charge in [0, 0.05) is 24.4 Å². The smallest absolute Gasteiger partial charge is 0.213 e. The van der Waals surface area contributed by atoms with Crippen LogP contribution in [0.5, 0.6) is 0 Å². The van der Waals surface area contributed by atoms with Gasteiger partial charge in [0.1, 0.15) is 5.76 Å². The molecule has 0 amide bonds. The minimum absolute atomic E-state index is 0.0522. The molecule has 0 saturated heterocycles. The molecule has 2 heterocycles. The van der Waals surface area contributed by atoms with Crippen LogP contribution in [0.3, 0.4) is 0 Å². The van der Waals surface area contributed by atoms with Crippen molar-refractivity contribution < 1.29 is 4.42 Å². The lowest BCUT2D eigenvalue weighted by Crippen LogP contribution is -2.36. The summed E-state index contributed by atoms with van der Waals surface area (Å²) in [6.07, 6.45) is 5.49. The fourth-order valence-electron chi connectivity index (χ4n) is 2.63. The average Bonchev–Trinajstić information content (AvgIpc) is 3.36. The van der Waals surface area contributed by atoms with Crippen LogP contribution in [0.2, 0.25) is 0 Å². The molecular formula is C21H28N6O. The second-order valence-corrected chi connectivity index (χ2v) is 7.54. The van der Waals surface area contributed by atoms with E-state index in [-0.39, 0.29) is 5.41 Å². The third kappa shape index (κ3) is 5.22. The predicted octanol–water partition coefficient (Wildman–Crippen LogP) is 3.41. The van der Waals surface area contributed by atoms with Crippen molar-refractivity contribution in [2.45, 2.75) is 46.2 Å². The maximum atomic E-state index is 5.83. The largest absolute Gasteiger partial charge is 0.443 e. The average molecular weight is 380 g/mol. The molecular weight excluding hydrogens is 352 g/mol. The summed E-state index contributed by atoms with van der Waals surface area (Å²) in [4.78, 5) is 9.02. The van der Waals surface area contributed by atoms with Crippen molar-refractivity contribution in [3.05, 3.63) is 66.1 Å². The molecule has 0 fully saturated rings. The van der Waals surface area contributed by atoms with Gasteiger partial charge in [-0.1, -0.05) is 32.9 Å². The topological polar surface area (TPSA) is 80.3 Å². The van der Waals surface area contributed by atoms with Crippen LogP contribution in [-0.2, 0) is 18.5 Å². The van der Waals surface area contributed by atoms with Crippen LogP contribution in [0, 0.1) is 0 Å². The van der Waals surface area contributed by atoms with E-state index in [1.807, 2.05) is 36.0 Å². The van der Waals surface area contributed by atoms with Crippen LogP contribution in [0.4, 0.5) is 0 Å². The Balaban J connectivity index is 1.64. The van der Waals surface area contributed by atoms with Crippen molar-refractivity contribution in [1.82, 2.24) is 25.4 Å². The van der Waals surface area contributed by atoms with Crippen molar-refractivity contribution in [1.29, 1.82) is 0 Å². The highest BCUT2D eigenvalue weighted by molar-refractivity contribution is 5.79. The third-order valence-corrected chi connectivity index (χ3v) is 4.14. The quantitative estimate of drug-likeness (QED) is 0.506. The number of benzene rings is 1. The Morgan fingerprint density at radius 2 is 2.07 bits per heavy atom. The zero-order valence-corrected chi connectivity index (χ0v) is 16.9. The van der Waals surface area contributed by atoms with Crippen LogP contribution in [0.1, 0.15) is 44.9 Å². The maximum absolute atomic E-state index is 5.83. The minimum Gasteiger partial charge on any atom is -0.443 e. The fraction of sp³-hybridized carbons (Fsp3) is 0.381. The molecule has 2 N–H and O–H groups in total. The minimum atomic E-state index is -0.0522. The Morgan fingerprint density at radius 3 is 2.75 bits per heavy atom. The summed E-state index contributed by atoms with van der Waals surface area (Å²) in [6.45, 7) is 10.2. The number of guanidine groups is 1. The maximum Gasteiger partial charge on any atom is 0.213 e. The molecule has 0 unspecified atom stereocenters. The van der Waals surface area contributed by atoms with Crippen LogP contribution in [0.15, 0.2) is 58.3 Å². The van der Waals surface area contributed by atoms with Gasteiger partial charge in [-0.05, 0) is 30.7 Å². The Labute approximate surface area is 165 Å². The normalized spacial score (nSPS) is 12.2. The molecule has 28 heavy (non-hydrogen) atoms. The summed E-state index contributed by atoms with van der Waals surface area (Å²) in [5.41, 5.74) is 2.07. The first-order valence-corrected chi connectivity index (χ1v) is 9.52. The highest BCUT2D eigenvalue weighted by Crippen LogP contribution is 2.22. The molecule has 0 radical (unpaired) electrons. The summed E-state index contributed by atoms with van der Waals surface area (Å²) in [7, 11) is 0. The van der Waals surface area contributed by atoms with E-state index >= 15 is 0 Å². The Bertz CT molecular complexity index is 905. The van der Waals surface area contributed by atoms with Crippen molar-refractivity contribution in [2.75, 3.05) is 6.54 Å². The van der Waals surface area contributed by atoms with Gasteiger partial charge in [-0.25, -0.2) is 14.7 Å². The van der Waals surface area contributed by atoms with Gasteiger partial charge in [0.2, 0.25) is 5.89 Å². The number of nitrogens with zero attached hydrogens (tertiary/aromatic N) is 4. The molecule has 3 aromatic rings. The standard InChI is InChI=1S/C21H28N6O/c1-5-22-20(25-15-19-23-14-18(28-19)21(2,3)4)24-13-16-8-6-9-17(12-16)27-11-7-10-26-27/h6-12,14H,5,13,15H2,1-4H3,(H2,22,24,25). The van der Waals surface area contributed by atoms with Gasteiger partial charge in [0.15, 0.2) is 5.96 Å². The lowest BCUT2D eigenvalue weighted by Gasteiger charge is -2.13. The van der Waals surface area contributed by atoms with Gasteiger partial charge >= 0.3 is 0 Å². The molecule has 0 bridgehead atoms. The summed E-state index contributed by atoms with van der Waals surface area (Å²) in [6, 6.07) is 10.1. The fourth-order valence-corrected chi connectivity index (χ4v) is 2.63. The number of rotatable bonds is 6. The number of hydrogen-bond donors (Lipinski definition) is 2. The van der Waals surface area contributed by atoms with E-state index in [1.165, 1.54) is 0 Å². The predicted molar refractivity (Wildman–Crippen MR) is 110 cm³/mol. The van der Waals surface area contributed by atoms with E-state index in [9.17, 15) is 0 Å². The second kappa shape index (κ2) is 8.73. The van der Waals surface area contributed by atoms with Crippen molar-refractivity contribution >= 4 is 5.96 Å². The summed E-state index contributed by atoms with van der Waals surface area (Å²) < 4.78 is 7.67. The molecule has 0 saturated carbocycles. The van der Waals surface area contributed by atoms with Gasteiger partial charge in [0.05, 0.1) is 25.0 Å². The highest BCUT2D eigenvalue weighted by Gasteiger charge is 2.19. The first-order valence-electron chi connectivity index (χ1n) is 9.52. The van der Waals surface area contributed by atoms with Crippen LogP contribution < -0.4 is 10.6 Å². The number of aliphatic imine (C=N–C) groups is 1. The molecule has 1 aromatic carbocycles. The molecule has 7 heteroatoms. The Hall–Kier alpha value is -3.09. The van der Waals surface area contributed by atoms with E-state index in [1.54, 1.807) is 12.4 Å². The summed E-state index contributed by atoms with van der Waals surface area (Å²) >= 11 is 0. The molecule has 0 atom stereocenters. The Kier molecular flexibility index (Phi) is 6.13. The zero-order chi connectivity index (χ0) is 20.0. The van der Waals surface area contributed by atoms with Crippen molar-refractivity contribution in [2.24, 2.45) is 4.99 Å². The monoisotopic (exact) mass is 380 g/mol. The molecule has 148 valence electrons. The number of nitrogens with one attached hydrogen (secondary N) is 2. The lowest BCUT2D eigenvalue weighted by atomic mass is 9.94. The summed E-state index contributed by atoms with van der Waals surface area (Å²) in [5.74, 6) is 2.25. The van der Waals surface area contributed by atoms with Gasteiger partial charge < -0.3 is 15.1 Å². The van der Waals surface area contributed by atoms with Crippen LogP contribution in [-0.4, -0.2) is 27.3 Å². The molecule has 7 nitrogen and oxygen atoms in total. The SMILES string of the molecule is CCNC(=NCc1cccc(-n2cccn2)c1)NCc1ncc(C(C)(C)C)o1. The third-order valence-electron chi connectivity index (χ3n) is 4.14. The van der Waals surface area contributed by atoms with Gasteiger partial charge in [0.25, 0.3) is 0 Å². The number of hydrogen-bond acceptors (Lipinski definition) is 4. The van der Waals surface area contributed by atoms with E-state index in [0.29, 0.717) is 19.0 Å². The summed E-state index contributed by atoms with van der Waals surface area (Å²) in [5, 5.41) is 10.8. The first-order chi connectivity index (χ1) is 13.5. The van der Waals surface area contributed by atoms with Crippen LogP contribution in [0.25, 0.3) is 5.69 Å². The zero-order valence-electron chi connectivity index (χ0n) is 16.9. The van der Waals surface area contributed by atoms with Crippen molar-refractivity contribution in [3.63, 3.8) is 0 Å². The highest BCUT2D eigenvalue weighted by atomic mass is 16.4. The van der Waals surface area contributed by atoms with E-state index < -0.39 is 0 Å². The second-order valence-electron chi connectivity index (χ2n) is 7.54. The van der Waals surface area contributed by atoms with Crippen LogP contribution >= 0.6 is 0 Å². The van der Waals surface area contributed by atoms with E-state index in [2.05, 4.69) is 58.6 Å². The molecule has 0 aliphatic carbocycles. The molecule has 0 spiro atoms. The van der Waals surface area contributed by atoms with E-state index in [4.69, 9.17) is 4.42 Å². The first kappa shape index (κ1) is 19.7. The molecule has 0 aliphatic rings. The number of oxazole rings is 1. The molecule has 3 rings (SSSR count).